The van der Waals surface area contributed by atoms with E-state index in [-0.39, 0.29) is 0 Å². The molecule has 0 unspecified atom stereocenters. The zero-order valence-electron chi connectivity index (χ0n) is 8.58. The van der Waals surface area contributed by atoms with Crippen LogP contribution in [-0.2, 0) is 0 Å². The van der Waals surface area contributed by atoms with Crippen molar-refractivity contribution in [3.8, 4) is 10.6 Å². The lowest BCUT2D eigenvalue weighted by Gasteiger charge is -1.99. The summed E-state index contributed by atoms with van der Waals surface area (Å²) in [6.07, 6.45) is 1.61. The number of aromatic nitrogens is 4. The maximum Gasteiger partial charge on any atom is 0.234 e. The molecule has 1 aromatic carbocycles. The Kier molecular flexibility index (Phi) is 2.07. The van der Waals surface area contributed by atoms with E-state index in [9.17, 15) is 0 Å². The van der Waals surface area contributed by atoms with Crippen LogP contribution >= 0.6 is 11.3 Å². The average molecular weight is 231 g/mol. The number of anilines is 1. The minimum absolute atomic E-state index is 0.813. The Balaban J connectivity index is 2.05. The van der Waals surface area contributed by atoms with E-state index in [1.165, 1.54) is 11.3 Å². The second-order valence-corrected chi connectivity index (χ2v) is 4.25. The van der Waals surface area contributed by atoms with Crippen LogP contribution in [0.3, 0.4) is 0 Å². The maximum absolute atomic E-state index is 4.39. The summed E-state index contributed by atoms with van der Waals surface area (Å²) in [6.45, 7) is 0. The van der Waals surface area contributed by atoms with Crippen LogP contribution in [0.15, 0.2) is 30.6 Å². The number of hydrogen-bond acceptors (Lipinski definition) is 5. The molecule has 80 valence electrons. The number of nitrogens with one attached hydrogen (secondary N) is 1. The maximum atomic E-state index is 4.39. The van der Waals surface area contributed by atoms with Crippen LogP contribution in [0.2, 0.25) is 0 Å². The largest absolute Gasteiger partial charge is 0.388 e. The second kappa shape index (κ2) is 3.57. The molecule has 0 fully saturated rings. The summed E-state index contributed by atoms with van der Waals surface area (Å²) in [5.74, 6) is 0. The van der Waals surface area contributed by atoms with Crippen LogP contribution in [0.4, 0.5) is 5.69 Å². The molecule has 0 atom stereocenters. The topological polar surface area (TPSA) is 55.1 Å². The van der Waals surface area contributed by atoms with Crippen molar-refractivity contribution in [3.05, 3.63) is 30.6 Å². The summed E-state index contributed by atoms with van der Waals surface area (Å²) in [5, 5.41) is 16.2. The van der Waals surface area contributed by atoms with Gasteiger partial charge in [-0.05, 0) is 24.3 Å². The average Bonchev–Trinajstić information content (AvgIpc) is 2.89. The van der Waals surface area contributed by atoms with E-state index in [4.69, 9.17) is 0 Å². The van der Waals surface area contributed by atoms with E-state index in [2.05, 4.69) is 20.6 Å². The Labute approximate surface area is 95.8 Å². The molecule has 0 radical (unpaired) electrons. The summed E-state index contributed by atoms with van der Waals surface area (Å²) in [6, 6.07) is 8.13. The normalized spacial score (nSPS) is 10.8. The highest BCUT2D eigenvalue weighted by Crippen LogP contribution is 2.25. The molecule has 0 amide bonds. The fourth-order valence-corrected chi connectivity index (χ4v) is 2.28. The minimum atomic E-state index is 0.813. The standard InChI is InChI=1S/C10H9N5S/c1-11-8-4-2-7(3-5-8)9-14-15-6-12-13-10(15)16-9/h2-6,11H,1H3. The molecule has 5 nitrogen and oxygen atoms in total. The van der Waals surface area contributed by atoms with Gasteiger partial charge in [-0.25, -0.2) is 0 Å². The monoisotopic (exact) mass is 231 g/mol. The lowest BCUT2D eigenvalue weighted by Crippen LogP contribution is -1.87. The van der Waals surface area contributed by atoms with Gasteiger partial charge >= 0.3 is 0 Å². The quantitative estimate of drug-likeness (QED) is 0.731. The van der Waals surface area contributed by atoms with Crippen LogP contribution in [0.5, 0.6) is 0 Å². The molecule has 0 spiro atoms. The predicted molar refractivity (Wildman–Crippen MR) is 63.6 cm³/mol. The van der Waals surface area contributed by atoms with Crippen molar-refractivity contribution < 1.29 is 0 Å². The van der Waals surface area contributed by atoms with Crippen molar-refractivity contribution in [1.82, 2.24) is 19.8 Å². The van der Waals surface area contributed by atoms with E-state index in [1.807, 2.05) is 31.3 Å². The molecule has 1 N–H and O–H groups in total. The molecule has 3 rings (SSSR count). The van der Waals surface area contributed by atoms with Crippen LogP contribution < -0.4 is 5.32 Å². The van der Waals surface area contributed by atoms with E-state index in [1.54, 1.807) is 10.8 Å². The smallest absolute Gasteiger partial charge is 0.234 e. The molecule has 0 aliphatic rings. The van der Waals surface area contributed by atoms with Crippen LogP contribution in [0.25, 0.3) is 15.5 Å². The van der Waals surface area contributed by atoms with Gasteiger partial charge < -0.3 is 5.32 Å². The highest BCUT2D eigenvalue weighted by Gasteiger charge is 2.06. The summed E-state index contributed by atoms with van der Waals surface area (Å²) >= 11 is 1.53. The second-order valence-electron chi connectivity index (χ2n) is 3.29. The molecule has 0 bridgehead atoms. The minimum Gasteiger partial charge on any atom is -0.388 e. The first-order chi connectivity index (χ1) is 7.86. The zero-order valence-corrected chi connectivity index (χ0v) is 9.40. The molecule has 2 aromatic heterocycles. The van der Waals surface area contributed by atoms with E-state index < -0.39 is 0 Å². The SMILES string of the molecule is CNc1ccc(-c2nn3cnnc3s2)cc1. The van der Waals surface area contributed by atoms with Crippen molar-refractivity contribution in [2.45, 2.75) is 0 Å². The Morgan fingerprint density at radius 1 is 1.25 bits per heavy atom. The molecule has 2 heterocycles. The van der Waals surface area contributed by atoms with E-state index in [0.717, 1.165) is 21.2 Å². The van der Waals surface area contributed by atoms with Gasteiger partial charge in [-0.2, -0.15) is 9.61 Å². The van der Waals surface area contributed by atoms with Gasteiger partial charge in [-0.15, -0.1) is 10.2 Å². The lowest BCUT2D eigenvalue weighted by atomic mass is 10.2. The van der Waals surface area contributed by atoms with Gasteiger partial charge in [0.05, 0.1) is 0 Å². The Morgan fingerprint density at radius 2 is 2.06 bits per heavy atom. The summed E-state index contributed by atoms with van der Waals surface area (Å²) < 4.78 is 1.69. The van der Waals surface area contributed by atoms with Crippen molar-refractivity contribution >= 4 is 22.0 Å². The van der Waals surface area contributed by atoms with Gasteiger partial charge in [0.2, 0.25) is 4.96 Å². The van der Waals surface area contributed by atoms with E-state index in [0.29, 0.717) is 0 Å². The first kappa shape index (κ1) is 9.29. The summed E-state index contributed by atoms with van der Waals surface area (Å²) in [7, 11) is 1.90. The number of benzene rings is 1. The number of hydrogen-bond donors (Lipinski definition) is 1. The Bertz CT molecular complexity index is 581. The van der Waals surface area contributed by atoms with Gasteiger partial charge in [-0.1, -0.05) is 11.3 Å². The van der Waals surface area contributed by atoms with Crippen molar-refractivity contribution in [1.29, 1.82) is 0 Å². The molecular formula is C10H9N5S. The van der Waals surface area contributed by atoms with E-state index >= 15 is 0 Å². The summed E-state index contributed by atoms with van der Waals surface area (Å²) in [5.41, 5.74) is 2.18. The molecule has 3 aromatic rings. The first-order valence-corrected chi connectivity index (χ1v) is 5.63. The predicted octanol–water partition coefficient (Wildman–Crippen LogP) is 1.89. The molecule has 0 aliphatic heterocycles. The molecule has 16 heavy (non-hydrogen) atoms. The molecule has 0 saturated heterocycles. The third kappa shape index (κ3) is 1.43. The van der Waals surface area contributed by atoms with Crippen LogP contribution in [-0.4, -0.2) is 26.9 Å². The lowest BCUT2D eigenvalue weighted by molar-refractivity contribution is 0.960. The van der Waals surface area contributed by atoms with Gasteiger partial charge in [0, 0.05) is 18.3 Å². The Morgan fingerprint density at radius 3 is 2.75 bits per heavy atom. The zero-order chi connectivity index (χ0) is 11.0. The van der Waals surface area contributed by atoms with Crippen molar-refractivity contribution in [3.63, 3.8) is 0 Å². The molecular weight excluding hydrogens is 222 g/mol. The molecule has 0 aliphatic carbocycles. The van der Waals surface area contributed by atoms with Gasteiger partial charge in [0.25, 0.3) is 0 Å². The first-order valence-electron chi connectivity index (χ1n) is 4.82. The van der Waals surface area contributed by atoms with Crippen LogP contribution in [0, 0.1) is 0 Å². The number of fused-ring (bicyclic) bond motifs is 1. The summed E-state index contributed by atoms with van der Waals surface area (Å²) in [4.78, 5) is 0.813. The van der Waals surface area contributed by atoms with Gasteiger partial charge in [0.1, 0.15) is 11.3 Å². The Hall–Kier alpha value is -1.95. The molecule has 0 saturated carbocycles. The van der Waals surface area contributed by atoms with Crippen molar-refractivity contribution in [2.24, 2.45) is 0 Å². The fraction of sp³-hybridized carbons (Fsp3) is 0.100. The fourth-order valence-electron chi connectivity index (χ4n) is 1.46. The third-order valence-electron chi connectivity index (χ3n) is 2.31. The highest BCUT2D eigenvalue weighted by molar-refractivity contribution is 7.19. The van der Waals surface area contributed by atoms with Gasteiger partial charge in [0.15, 0.2) is 0 Å². The van der Waals surface area contributed by atoms with Crippen LogP contribution in [0.1, 0.15) is 0 Å². The van der Waals surface area contributed by atoms with Gasteiger partial charge in [-0.3, -0.25) is 0 Å². The number of nitrogens with zero attached hydrogens (tertiary/aromatic N) is 4. The van der Waals surface area contributed by atoms with Crippen molar-refractivity contribution in [2.75, 3.05) is 12.4 Å². The third-order valence-corrected chi connectivity index (χ3v) is 3.27. The highest BCUT2D eigenvalue weighted by atomic mass is 32.1. The number of rotatable bonds is 2. The molecule has 6 heteroatoms.